The fraction of sp³-hybridized carbons (Fsp3) is 0.250. The third-order valence-electron chi connectivity index (χ3n) is 4.40. The minimum absolute atomic E-state index is 0.0816. The number of hydrogen-bond acceptors (Lipinski definition) is 4. The highest BCUT2D eigenvalue weighted by molar-refractivity contribution is 9.10. The molecule has 2 aromatic carbocycles. The van der Waals surface area contributed by atoms with Crippen molar-refractivity contribution >= 4 is 33.5 Å². The number of carboxylic acid groups (broad SMARTS) is 1. The fourth-order valence-electron chi connectivity index (χ4n) is 2.97. The van der Waals surface area contributed by atoms with E-state index >= 15 is 0 Å². The van der Waals surface area contributed by atoms with Crippen LogP contribution in [0.15, 0.2) is 58.1 Å². The molecule has 1 amide bonds. The van der Waals surface area contributed by atoms with E-state index < -0.39 is 5.97 Å². The lowest BCUT2D eigenvalue weighted by molar-refractivity contribution is -0.141. The number of hydrazone groups is 1. The summed E-state index contributed by atoms with van der Waals surface area (Å²) < 4.78 is 6.13. The predicted octanol–water partition coefficient (Wildman–Crippen LogP) is 4.00. The maximum Gasteiger partial charge on any atom is 0.303 e. The number of carboxylic acids is 1. The topological polar surface area (TPSA) is 79.2 Å². The molecule has 1 N–H and O–H groups in total. The number of rotatable bonds is 6. The molecule has 1 aliphatic rings. The summed E-state index contributed by atoms with van der Waals surface area (Å²) in [7, 11) is 1.61. The molecule has 6 nitrogen and oxygen atoms in total. The Labute approximate surface area is 165 Å². The Kier molecular flexibility index (Phi) is 5.91. The standard InChI is InChI=1S/C20H19BrN2O4/c1-27-16-8-4-13(5-9-16)17-12-18(14-2-6-15(21)7-3-14)23(22-17)19(24)10-11-20(25)26/h2-9,18H,10-12H2,1H3,(H,25,26)/t18-/m0/s1. The van der Waals surface area contributed by atoms with Crippen molar-refractivity contribution in [2.75, 3.05) is 7.11 Å². The van der Waals surface area contributed by atoms with E-state index in [9.17, 15) is 9.59 Å². The van der Waals surface area contributed by atoms with Crippen molar-refractivity contribution in [3.63, 3.8) is 0 Å². The molecule has 0 bridgehead atoms. The van der Waals surface area contributed by atoms with E-state index in [0.717, 1.165) is 27.1 Å². The van der Waals surface area contributed by atoms with Crippen molar-refractivity contribution in [2.24, 2.45) is 5.10 Å². The van der Waals surface area contributed by atoms with E-state index in [4.69, 9.17) is 9.84 Å². The van der Waals surface area contributed by atoms with Gasteiger partial charge in [0, 0.05) is 17.3 Å². The summed E-state index contributed by atoms with van der Waals surface area (Å²) in [5, 5.41) is 14.8. The highest BCUT2D eigenvalue weighted by Crippen LogP contribution is 2.34. The lowest BCUT2D eigenvalue weighted by Gasteiger charge is -2.22. The Balaban J connectivity index is 1.88. The summed E-state index contributed by atoms with van der Waals surface area (Å²) in [5.74, 6) is -0.549. The second kappa shape index (κ2) is 8.35. The molecule has 1 aliphatic heterocycles. The molecule has 0 saturated carbocycles. The van der Waals surface area contributed by atoms with Crippen molar-refractivity contribution in [1.29, 1.82) is 0 Å². The number of carbonyl (C=O) groups is 2. The molecule has 0 saturated heterocycles. The average molecular weight is 431 g/mol. The van der Waals surface area contributed by atoms with Crippen LogP contribution < -0.4 is 4.74 Å². The molecule has 0 aliphatic carbocycles. The van der Waals surface area contributed by atoms with Crippen LogP contribution in [0.5, 0.6) is 5.75 Å². The average Bonchev–Trinajstić information content (AvgIpc) is 3.12. The largest absolute Gasteiger partial charge is 0.497 e. The minimum Gasteiger partial charge on any atom is -0.497 e. The summed E-state index contributed by atoms with van der Waals surface area (Å²) >= 11 is 3.41. The van der Waals surface area contributed by atoms with Crippen LogP contribution in [0, 0.1) is 0 Å². The van der Waals surface area contributed by atoms with E-state index in [0.29, 0.717) is 6.42 Å². The van der Waals surface area contributed by atoms with Crippen LogP contribution in [0.1, 0.15) is 36.4 Å². The number of carbonyl (C=O) groups excluding carboxylic acids is 1. The first kappa shape index (κ1) is 19.1. The molecule has 1 atom stereocenters. The Hall–Kier alpha value is -2.67. The summed E-state index contributed by atoms with van der Waals surface area (Å²) in [6, 6.07) is 15.0. The highest BCUT2D eigenvalue weighted by Gasteiger charge is 2.33. The molecule has 0 spiro atoms. The molecular weight excluding hydrogens is 412 g/mol. The van der Waals surface area contributed by atoms with Crippen LogP contribution in [0.25, 0.3) is 0 Å². The van der Waals surface area contributed by atoms with E-state index in [2.05, 4.69) is 21.0 Å². The Morgan fingerprint density at radius 3 is 2.41 bits per heavy atom. The molecule has 0 fully saturated rings. The van der Waals surface area contributed by atoms with Gasteiger partial charge in [-0.3, -0.25) is 9.59 Å². The lowest BCUT2D eigenvalue weighted by Crippen LogP contribution is -2.27. The molecular formula is C20H19BrN2O4. The monoisotopic (exact) mass is 430 g/mol. The zero-order valence-electron chi connectivity index (χ0n) is 14.8. The first-order valence-corrected chi connectivity index (χ1v) is 9.28. The molecule has 0 unspecified atom stereocenters. The molecule has 0 aromatic heterocycles. The van der Waals surface area contributed by atoms with Crippen molar-refractivity contribution in [2.45, 2.75) is 25.3 Å². The van der Waals surface area contributed by atoms with Crippen LogP contribution in [-0.2, 0) is 9.59 Å². The van der Waals surface area contributed by atoms with Gasteiger partial charge in [-0.25, -0.2) is 5.01 Å². The van der Waals surface area contributed by atoms with Gasteiger partial charge < -0.3 is 9.84 Å². The van der Waals surface area contributed by atoms with Gasteiger partial charge in [-0.2, -0.15) is 5.10 Å². The van der Waals surface area contributed by atoms with Gasteiger partial charge in [0.2, 0.25) is 5.91 Å². The van der Waals surface area contributed by atoms with Crippen molar-refractivity contribution in [3.8, 4) is 5.75 Å². The number of nitrogens with zero attached hydrogens (tertiary/aromatic N) is 2. The Morgan fingerprint density at radius 1 is 1.15 bits per heavy atom. The number of benzene rings is 2. The number of methoxy groups -OCH3 is 1. The van der Waals surface area contributed by atoms with Crippen molar-refractivity contribution in [3.05, 3.63) is 64.1 Å². The summed E-state index contributed by atoms with van der Waals surface area (Å²) in [6.07, 6.45) is 0.268. The first-order chi connectivity index (χ1) is 13.0. The van der Waals surface area contributed by atoms with Crippen LogP contribution in [-0.4, -0.2) is 34.8 Å². The zero-order chi connectivity index (χ0) is 19.4. The second-order valence-electron chi connectivity index (χ2n) is 6.18. The van der Waals surface area contributed by atoms with Crippen LogP contribution >= 0.6 is 15.9 Å². The van der Waals surface area contributed by atoms with Gasteiger partial charge >= 0.3 is 5.97 Å². The van der Waals surface area contributed by atoms with Crippen molar-refractivity contribution < 1.29 is 19.4 Å². The number of aliphatic carboxylic acids is 1. The van der Waals surface area contributed by atoms with E-state index in [1.807, 2.05) is 48.5 Å². The normalized spacial score (nSPS) is 16.1. The van der Waals surface area contributed by atoms with Gasteiger partial charge in [0.1, 0.15) is 5.75 Å². The number of halogens is 1. The van der Waals surface area contributed by atoms with Gasteiger partial charge in [-0.05, 0) is 47.5 Å². The minimum atomic E-state index is -0.998. The van der Waals surface area contributed by atoms with E-state index in [-0.39, 0.29) is 24.8 Å². The van der Waals surface area contributed by atoms with Gasteiger partial charge in [-0.15, -0.1) is 0 Å². The molecule has 3 rings (SSSR count). The molecule has 27 heavy (non-hydrogen) atoms. The fourth-order valence-corrected chi connectivity index (χ4v) is 3.24. The molecule has 1 heterocycles. The molecule has 2 aromatic rings. The molecule has 140 valence electrons. The second-order valence-corrected chi connectivity index (χ2v) is 7.09. The smallest absolute Gasteiger partial charge is 0.303 e. The first-order valence-electron chi connectivity index (χ1n) is 8.49. The van der Waals surface area contributed by atoms with E-state index in [1.54, 1.807) is 7.11 Å². The van der Waals surface area contributed by atoms with Crippen molar-refractivity contribution in [1.82, 2.24) is 5.01 Å². The van der Waals surface area contributed by atoms with Crippen LogP contribution in [0.3, 0.4) is 0 Å². The highest BCUT2D eigenvalue weighted by atomic mass is 79.9. The summed E-state index contributed by atoms with van der Waals surface area (Å²) in [5.41, 5.74) is 2.65. The zero-order valence-corrected chi connectivity index (χ0v) is 16.3. The maximum absolute atomic E-state index is 12.6. The number of ether oxygens (including phenoxy) is 1. The van der Waals surface area contributed by atoms with E-state index in [1.165, 1.54) is 5.01 Å². The molecule has 0 radical (unpaired) electrons. The number of amides is 1. The summed E-state index contributed by atoms with van der Waals surface area (Å²) in [6.45, 7) is 0. The summed E-state index contributed by atoms with van der Waals surface area (Å²) in [4.78, 5) is 23.4. The van der Waals surface area contributed by atoms with Gasteiger partial charge in [0.05, 0.1) is 25.3 Å². The predicted molar refractivity (Wildman–Crippen MR) is 105 cm³/mol. The third-order valence-corrected chi connectivity index (χ3v) is 4.93. The maximum atomic E-state index is 12.6. The van der Waals surface area contributed by atoms with Gasteiger partial charge in [0.15, 0.2) is 0 Å². The van der Waals surface area contributed by atoms with Crippen LogP contribution in [0.4, 0.5) is 0 Å². The SMILES string of the molecule is COc1ccc(C2=NN(C(=O)CCC(=O)O)[C@H](c3ccc(Br)cc3)C2)cc1. The number of hydrogen-bond donors (Lipinski definition) is 1. The van der Waals surface area contributed by atoms with Gasteiger partial charge in [-0.1, -0.05) is 28.1 Å². The lowest BCUT2D eigenvalue weighted by atomic mass is 9.98. The Bertz CT molecular complexity index is 863. The quantitative estimate of drug-likeness (QED) is 0.750. The Morgan fingerprint density at radius 2 is 1.81 bits per heavy atom. The third kappa shape index (κ3) is 4.54. The van der Waals surface area contributed by atoms with Gasteiger partial charge in [0.25, 0.3) is 0 Å². The van der Waals surface area contributed by atoms with Crippen LogP contribution in [0.2, 0.25) is 0 Å². The molecule has 7 heteroatoms.